The van der Waals surface area contributed by atoms with Gasteiger partial charge in [-0.1, -0.05) is 19.1 Å². The molecule has 5 nitrogen and oxygen atoms in total. The van der Waals surface area contributed by atoms with E-state index in [9.17, 15) is 18.0 Å². The normalized spacial score (nSPS) is 20.8. The maximum Gasteiger partial charge on any atom is 0.420 e. The Morgan fingerprint density at radius 2 is 1.90 bits per heavy atom. The van der Waals surface area contributed by atoms with E-state index in [4.69, 9.17) is 14.2 Å². The number of hydrogen-bond donors (Lipinski definition) is 1. The first-order chi connectivity index (χ1) is 13.7. The van der Waals surface area contributed by atoms with Gasteiger partial charge in [-0.15, -0.1) is 0 Å². The van der Waals surface area contributed by atoms with Crippen molar-refractivity contribution in [2.75, 3.05) is 25.1 Å². The molecule has 8 heteroatoms. The topological polar surface area (TPSA) is 56.8 Å². The summed E-state index contributed by atoms with van der Waals surface area (Å²) in [6, 6.07) is 3.43. The maximum atomic E-state index is 13.4. The summed E-state index contributed by atoms with van der Waals surface area (Å²) < 4.78 is 57.0. The zero-order chi connectivity index (χ0) is 21.1. The van der Waals surface area contributed by atoms with Crippen LogP contribution in [0.1, 0.15) is 44.6 Å². The number of rotatable bonds is 5. The molecule has 1 aromatic rings. The third-order valence-corrected chi connectivity index (χ3v) is 5.37. The Kier molecular flexibility index (Phi) is 6.24. The summed E-state index contributed by atoms with van der Waals surface area (Å²) in [4.78, 5) is 12.8. The molecule has 0 unspecified atom stereocenters. The highest BCUT2D eigenvalue weighted by Crippen LogP contribution is 2.41. The molecule has 1 aromatic carbocycles. The van der Waals surface area contributed by atoms with Crippen LogP contribution in [-0.4, -0.2) is 31.5 Å². The number of nitrogens with one attached hydrogen (secondary N) is 1. The molecule has 1 amide bonds. The Morgan fingerprint density at radius 3 is 2.48 bits per heavy atom. The van der Waals surface area contributed by atoms with Crippen molar-refractivity contribution < 1.29 is 32.2 Å². The van der Waals surface area contributed by atoms with E-state index in [1.807, 2.05) is 0 Å². The predicted octanol–water partition coefficient (Wildman–Crippen LogP) is 4.92. The van der Waals surface area contributed by atoms with Crippen LogP contribution in [-0.2, 0) is 20.4 Å². The van der Waals surface area contributed by atoms with Gasteiger partial charge in [-0.05, 0) is 38.0 Å². The standard InChI is InChI=1S/C21H26F3NO4/c1-3-11-27-17-8-7-15(12-16(17)21(22,23)24)25-18(26)19(2)13-28-20(29-14-19)9-5-4-6-10-20/h3,7-8,12H,1,4-6,9-11,13-14H2,2H3,(H,25,26). The van der Waals surface area contributed by atoms with Crippen molar-refractivity contribution in [1.82, 2.24) is 0 Å². The molecule has 1 aliphatic carbocycles. The molecule has 2 fully saturated rings. The van der Waals surface area contributed by atoms with Crippen LogP contribution >= 0.6 is 0 Å². The third kappa shape index (κ3) is 4.93. The molecule has 160 valence electrons. The van der Waals surface area contributed by atoms with Gasteiger partial charge in [0.1, 0.15) is 12.4 Å². The molecule has 1 saturated heterocycles. The first kappa shape index (κ1) is 21.6. The summed E-state index contributed by atoms with van der Waals surface area (Å²) in [5, 5.41) is 2.56. The maximum absolute atomic E-state index is 13.4. The summed E-state index contributed by atoms with van der Waals surface area (Å²) in [6.45, 7) is 5.38. The highest BCUT2D eigenvalue weighted by atomic mass is 19.4. The van der Waals surface area contributed by atoms with Gasteiger partial charge >= 0.3 is 6.18 Å². The van der Waals surface area contributed by atoms with E-state index in [-0.39, 0.29) is 31.3 Å². The zero-order valence-electron chi connectivity index (χ0n) is 16.4. The lowest BCUT2D eigenvalue weighted by molar-refractivity contribution is -0.306. The number of carbonyl (C=O) groups is 1. The fourth-order valence-electron chi connectivity index (χ4n) is 3.56. The Bertz CT molecular complexity index is 747. The number of anilines is 1. The first-order valence-electron chi connectivity index (χ1n) is 9.72. The lowest BCUT2D eigenvalue weighted by Crippen LogP contribution is -2.53. The van der Waals surface area contributed by atoms with Crippen molar-refractivity contribution in [2.24, 2.45) is 5.41 Å². The molecule has 1 spiro atoms. The van der Waals surface area contributed by atoms with E-state index in [1.165, 1.54) is 18.2 Å². The Labute approximate surface area is 168 Å². The third-order valence-electron chi connectivity index (χ3n) is 5.37. The van der Waals surface area contributed by atoms with Gasteiger partial charge in [0.2, 0.25) is 5.91 Å². The van der Waals surface area contributed by atoms with E-state index in [1.54, 1.807) is 6.92 Å². The average Bonchev–Trinajstić information content (AvgIpc) is 2.69. The number of amides is 1. The van der Waals surface area contributed by atoms with Crippen LogP contribution in [0.5, 0.6) is 5.75 Å². The number of halogens is 3. The van der Waals surface area contributed by atoms with Gasteiger partial charge in [-0.25, -0.2) is 0 Å². The minimum atomic E-state index is -4.62. The van der Waals surface area contributed by atoms with Crippen molar-refractivity contribution in [1.29, 1.82) is 0 Å². The van der Waals surface area contributed by atoms with E-state index < -0.39 is 28.8 Å². The SMILES string of the molecule is C=CCOc1ccc(NC(=O)C2(C)COC3(CCCCC3)OC2)cc1C(F)(F)F. The van der Waals surface area contributed by atoms with Crippen LogP contribution in [0.2, 0.25) is 0 Å². The van der Waals surface area contributed by atoms with Gasteiger partial charge in [0.15, 0.2) is 5.79 Å². The van der Waals surface area contributed by atoms with Gasteiger partial charge in [-0.3, -0.25) is 4.79 Å². The van der Waals surface area contributed by atoms with Gasteiger partial charge in [-0.2, -0.15) is 13.2 Å². The second-order valence-electron chi connectivity index (χ2n) is 7.87. The van der Waals surface area contributed by atoms with Crippen LogP contribution in [0, 0.1) is 5.41 Å². The zero-order valence-corrected chi connectivity index (χ0v) is 16.4. The van der Waals surface area contributed by atoms with Crippen molar-refractivity contribution in [2.45, 2.75) is 51.0 Å². The molecule has 2 aliphatic rings. The molecular weight excluding hydrogens is 387 g/mol. The van der Waals surface area contributed by atoms with E-state index in [0.717, 1.165) is 38.2 Å². The van der Waals surface area contributed by atoms with Crippen molar-refractivity contribution in [3.63, 3.8) is 0 Å². The van der Waals surface area contributed by atoms with Crippen molar-refractivity contribution in [3.8, 4) is 5.75 Å². The van der Waals surface area contributed by atoms with Crippen molar-refractivity contribution in [3.05, 3.63) is 36.4 Å². The molecule has 29 heavy (non-hydrogen) atoms. The number of carbonyl (C=O) groups excluding carboxylic acids is 1. The highest BCUT2D eigenvalue weighted by Gasteiger charge is 2.46. The van der Waals surface area contributed by atoms with Crippen LogP contribution < -0.4 is 10.1 Å². The predicted molar refractivity (Wildman–Crippen MR) is 102 cm³/mol. The Morgan fingerprint density at radius 1 is 1.24 bits per heavy atom. The summed E-state index contributed by atoms with van der Waals surface area (Å²) >= 11 is 0. The van der Waals surface area contributed by atoms with Gasteiger partial charge in [0, 0.05) is 18.5 Å². The Hall–Kier alpha value is -2.06. The molecule has 0 aromatic heterocycles. The van der Waals surface area contributed by atoms with E-state index >= 15 is 0 Å². The molecule has 0 radical (unpaired) electrons. The van der Waals surface area contributed by atoms with Crippen LogP contribution in [0.3, 0.4) is 0 Å². The number of ether oxygens (including phenoxy) is 3. The van der Waals surface area contributed by atoms with Crippen molar-refractivity contribution >= 4 is 11.6 Å². The smallest absolute Gasteiger partial charge is 0.420 e. The number of hydrogen-bond acceptors (Lipinski definition) is 4. The average molecular weight is 413 g/mol. The summed E-state index contributed by atoms with van der Waals surface area (Å²) in [6.07, 6.45) is 1.51. The van der Waals surface area contributed by atoms with Crippen LogP contribution in [0.4, 0.5) is 18.9 Å². The Balaban J connectivity index is 1.70. The minimum absolute atomic E-state index is 0.0347. The molecule has 0 bridgehead atoms. The second kappa shape index (κ2) is 8.36. The highest BCUT2D eigenvalue weighted by molar-refractivity contribution is 5.95. The lowest BCUT2D eigenvalue weighted by Gasteiger charge is -2.45. The number of alkyl halides is 3. The van der Waals surface area contributed by atoms with Gasteiger partial charge in [0.25, 0.3) is 0 Å². The van der Waals surface area contributed by atoms with Gasteiger partial charge in [0.05, 0.1) is 24.2 Å². The molecule has 0 atom stereocenters. The monoisotopic (exact) mass is 413 g/mol. The summed E-state index contributed by atoms with van der Waals surface area (Å²) in [5.41, 5.74) is -1.91. The summed E-state index contributed by atoms with van der Waals surface area (Å²) in [7, 11) is 0. The molecule has 1 N–H and O–H groups in total. The van der Waals surface area contributed by atoms with Crippen LogP contribution in [0.15, 0.2) is 30.9 Å². The fraction of sp³-hybridized carbons (Fsp3) is 0.571. The lowest BCUT2D eigenvalue weighted by atomic mass is 9.87. The van der Waals surface area contributed by atoms with Crippen LogP contribution in [0.25, 0.3) is 0 Å². The first-order valence-corrected chi connectivity index (χ1v) is 9.72. The van der Waals surface area contributed by atoms with Gasteiger partial charge < -0.3 is 19.5 Å². The second-order valence-corrected chi connectivity index (χ2v) is 7.87. The van der Waals surface area contributed by atoms with E-state index in [2.05, 4.69) is 11.9 Å². The largest absolute Gasteiger partial charge is 0.489 e. The number of benzene rings is 1. The molecular formula is C21H26F3NO4. The van der Waals surface area contributed by atoms with E-state index in [0.29, 0.717) is 0 Å². The molecule has 1 saturated carbocycles. The fourth-order valence-corrected chi connectivity index (χ4v) is 3.56. The minimum Gasteiger partial charge on any atom is -0.489 e. The molecule has 3 rings (SSSR count). The summed E-state index contributed by atoms with van der Waals surface area (Å²) in [5.74, 6) is -1.38. The molecule has 1 heterocycles. The molecule has 1 aliphatic heterocycles. The quantitative estimate of drug-likeness (QED) is 0.696.